The summed E-state index contributed by atoms with van der Waals surface area (Å²) in [4.78, 5) is 21.0. The molecule has 1 amide bonds. The first kappa shape index (κ1) is 18.7. The number of carbonyl (C=O) groups excluding carboxylic acids is 1. The predicted octanol–water partition coefficient (Wildman–Crippen LogP) is 2.01. The quantitative estimate of drug-likeness (QED) is 0.736. The molecule has 0 saturated carbocycles. The normalized spacial score (nSPS) is 11.4. The molecule has 0 saturated heterocycles. The van der Waals surface area contributed by atoms with E-state index in [-0.39, 0.29) is 10.6 Å². The second-order valence-electron chi connectivity index (χ2n) is 6.28. The van der Waals surface area contributed by atoms with Gasteiger partial charge >= 0.3 is 0 Å². The zero-order valence-electron chi connectivity index (χ0n) is 15.4. The zero-order chi connectivity index (χ0) is 19.8. The molecule has 0 atom stereocenters. The van der Waals surface area contributed by atoms with E-state index in [2.05, 4.69) is 15.1 Å². The number of benzene rings is 1. The summed E-state index contributed by atoms with van der Waals surface area (Å²) in [6, 6.07) is 9.52. The Morgan fingerprint density at radius 3 is 2.15 bits per heavy atom. The molecule has 1 aromatic carbocycles. The van der Waals surface area contributed by atoms with Gasteiger partial charge in [0.05, 0.1) is 4.90 Å². The van der Waals surface area contributed by atoms with Crippen LogP contribution in [0, 0.1) is 27.7 Å². The van der Waals surface area contributed by atoms with E-state index in [9.17, 15) is 13.2 Å². The maximum absolute atomic E-state index is 12.4. The molecular formula is C18H19N5O3S. The minimum atomic E-state index is -3.99. The maximum Gasteiger partial charge on any atom is 0.285 e. The van der Waals surface area contributed by atoms with E-state index in [0.29, 0.717) is 11.6 Å². The molecule has 9 heteroatoms. The highest BCUT2D eigenvalue weighted by Gasteiger charge is 2.22. The Bertz CT molecular complexity index is 1100. The van der Waals surface area contributed by atoms with Crippen molar-refractivity contribution in [1.29, 1.82) is 0 Å². The molecule has 0 fully saturated rings. The van der Waals surface area contributed by atoms with E-state index in [4.69, 9.17) is 0 Å². The average Bonchev–Trinajstić information content (AvgIpc) is 2.96. The molecule has 0 aliphatic carbocycles. The number of rotatable bonds is 4. The Balaban J connectivity index is 1.89. The molecular weight excluding hydrogens is 366 g/mol. The summed E-state index contributed by atoms with van der Waals surface area (Å²) in [5.74, 6) is -0.493. The van der Waals surface area contributed by atoms with E-state index in [1.54, 1.807) is 19.1 Å². The second-order valence-corrected chi connectivity index (χ2v) is 7.96. The van der Waals surface area contributed by atoms with Crippen molar-refractivity contribution >= 4 is 15.9 Å². The van der Waals surface area contributed by atoms with E-state index >= 15 is 0 Å². The van der Waals surface area contributed by atoms with Crippen molar-refractivity contribution in [3.05, 3.63) is 64.7 Å². The number of amides is 1. The van der Waals surface area contributed by atoms with Crippen molar-refractivity contribution in [2.24, 2.45) is 0 Å². The van der Waals surface area contributed by atoms with Gasteiger partial charge in [-0.1, -0.05) is 17.7 Å². The summed E-state index contributed by atoms with van der Waals surface area (Å²) in [6.45, 7) is 7.25. The molecule has 0 aliphatic rings. The molecule has 27 heavy (non-hydrogen) atoms. The van der Waals surface area contributed by atoms with Gasteiger partial charge in [0.2, 0.25) is 0 Å². The first-order chi connectivity index (χ1) is 12.7. The number of sulfonamides is 1. The van der Waals surface area contributed by atoms with Crippen LogP contribution >= 0.6 is 0 Å². The van der Waals surface area contributed by atoms with Gasteiger partial charge in [0.25, 0.3) is 21.9 Å². The van der Waals surface area contributed by atoms with Crippen LogP contribution in [0.25, 0.3) is 5.95 Å². The number of nitrogens with one attached hydrogen (secondary N) is 1. The topological polar surface area (TPSA) is 107 Å². The van der Waals surface area contributed by atoms with Gasteiger partial charge < -0.3 is 0 Å². The standard InChI is InChI=1S/C18H19N5O3S/c1-11-5-7-15(8-6-11)27(25,26)22-17(24)16-10-14(4)23(21-16)18-19-12(2)9-13(3)20-18/h5-10H,1-4H3,(H,22,24). The molecule has 2 aromatic heterocycles. The van der Waals surface area contributed by atoms with Crippen molar-refractivity contribution in [3.63, 3.8) is 0 Å². The number of nitrogens with zero attached hydrogens (tertiary/aromatic N) is 4. The SMILES string of the molecule is Cc1ccc(S(=O)(=O)NC(=O)c2cc(C)n(-c3nc(C)cc(C)n3)n2)cc1. The fraction of sp³-hybridized carbons (Fsp3) is 0.222. The van der Waals surface area contributed by atoms with Gasteiger partial charge in [-0.05, 0) is 52.0 Å². The Morgan fingerprint density at radius 1 is 0.963 bits per heavy atom. The van der Waals surface area contributed by atoms with Crippen LogP contribution in [0.4, 0.5) is 0 Å². The summed E-state index contributed by atoms with van der Waals surface area (Å²) in [5.41, 5.74) is 3.02. The second kappa shape index (κ2) is 6.92. The number of hydrogen-bond acceptors (Lipinski definition) is 6. The van der Waals surface area contributed by atoms with Crippen LogP contribution < -0.4 is 4.72 Å². The highest BCUT2D eigenvalue weighted by atomic mass is 32.2. The van der Waals surface area contributed by atoms with Crippen LogP contribution in [0.1, 0.15) is 33.1 Å². The lowest BCUT2D eigenvalue weighted by Crippen LogP contribution is -2.31. The first-order valence-corrected chi connectivity index (χ1v) is 9.67. The predicted molar refractivity (Wildman–Crippen MR) is 99.2 cm³/mol. The van der Waals surface area contributed by atoms with Crippen LogP contribution in [0.5, 0.6) is 0 Å². The molecule has 0 spiro atoms. The molecule has 0 aliphatic heterocycles. The Hall–Kier alpha value is -3.07. The molecule has 3 rings (SSSR count). The Kier molecular flexibility index (Phi) is 4.79. The monoisotopic (exact) mass is 385 g/mol. The fourth-order valence-corrected chi connectivity index (χ4v) is 3.50. The van der Waals surface area contributed by atoms with Gasteiger partial charge in [0.1, 0.15) is 0 Å². The summed E-state index contributed by atoms with van der Waals surface area (Å²) >= 11 is 0. The maximum atomic E-state index is 12.4. The van der Waals surface area contributed by atoms with E-state index in [1.165, 1.54) is 22.9 Å². The largest absolute Gasteiger partial charge is 0.285 e. The number of aromatic nitrogens is 4. The smallest absolute Gasteiger partial charge is 0.266 e. The van der Waals surface area contributed by atoms with Gasteiger partial charge in [-0.15, -0.1) is 0 Å². The fourth-order valence-electron chi connectivity index (χ4n) is 2.54. The summed E-state index contributed by atoms with van der Waals surface area (Å²) < 4.78 is 28.2. The molecule has 0 radical (unpaired) electrons. The van der Waals surface area contributed by atoms with Crippen molar-refractivity contribution in [2.75, 3.05) is 0 Å². The first-order valence-electron chi connectivity index (χ1n) is 8.19. The lowest BCUT2D eigenvalue weighted by Gasteiger charge is -2.06. The lowest BCUT2D eigenvalue weighted by atomic mass is 10.2. The average molecular weight is 385 g/mol. The van der Waals surface area contributed by atoms with Crippen LogP contribution in [-0.2, 0) is 10.0 Å². The van der Waals surface area contributed by atoms with Crippen LogP contribution in [0.15, 0.2) is 41.3 Å². The highest BCUT2D eigenvalue weighted by Crippen LogP contribution is 2.13. The Labute approximate surface area is 157 Å². The number of hydrogen-bond donors (Lipinski definition) is 1. The van der Waals surface area contributed by atoms with Crippen LogP contribution in [0.2, 0.25) is 0 Å². The van der Waals surface area contributed by atoms with Crippen LogP contribution in [0.3, 0.4) is 0 Å². The summed E-state index contributed by atoms with van der Waals surface area (Å²) in [7, 11) is -3.99. The van der Waals surface area contributed by atoms with Gasteiger partial charge in [-0.3, -0.25) is 4.79 Å². The van der Waals surface area contributed by atoms with Gasteiger partial charge in [-0.2, -0.15) is 5.10 Å². The zero-order valence-corrected chi connectivity index (χ0v) is 16.2. The highest BCUT2D eigenvalue weighted by molar-refractivity contribution is 7.90. The third-order valence-corrected chi connectivity index (χ3v) is 5.19. The van der Waals surface area contributed by atoms with Crippen LogP contribution in [-0.4, -0.2) is 34.1 Å². The van der Waals surface area contributed by atoms with E-state index < -0.39 is 15.9 Å². The molecule has 3 aromatic rings. The Morgan fingerprint density at radius 2 is 1.56 bits per heavy atom. The summed E-state index contributed by atoms with van der Waals surface area (Å²) in [6.07, 6.45) is 0. The van der Waals surface area contributed by atoms with E-state index in [0.717, 1.165) is 17.0 Å². The van der Waals surface area contributed by atoms with E-state index in [1.807, 2.05) is 31.6 Å². The minimum absolute atomic E-state index is 0.00949. The third-order valence-electron chi connectivity index (χ3n) is 3.84. The molecule has 1 N–H and O–H groups in total. The van der Waals surface area contributed by atoms with Crippen molar-refractivity contribution < 1.29 is 13.2 Å². The van der Waals surface area contributed by atoms with Gasteiger partial charge in [0, 0.05) is 17.1 Å². The number of carbonyl (C=O) groups is 1. The molecule has 2 heterocycles. The van der Waals surface area contributed by atoms with Crippen molar-refractivity contribution in [3.8, 4) is 5.95 Å². The van der Waals surface area contributed by atoms with Crippen molar-refractivity contribution in [1.82, 2.24) is 24.5 Å². The van der Waals surface area contributed by atoms with Crippen molar-refractivity contribution in [2.45, 2.75) is 32.6 Å². The van der Waals surface area contributed by atoms with Gasteiger partial charge in [-0.25, -0.2) is 27.8 Å². The molecule has 0 unspecified atom stereocenters. The molecule has 8 nitrogen and oxygen atoms in total. The lowest BCUT2D eigenvalue weighted by molar-refractivity contribution is 0.0976. The molecule has 140 valence electrons. The minimum Gasteiger partial charge on any atom is -0.266 e. The summed E-state index contributed by atoms with van der Waals surface area (Å²) in [5, 5.41) is 4.17. The van der Waals surface area contributed by atoms with Gasteiger partial charge in [0.15, 0.2) is 5.69 Å². The number of aryl methyl sites for hydroxylation is 4. The molecule has 0 bridgehead atoms. The third kappa shape index (κ3) is 4.03.